The summed E-state index contributed by atoms with van der Waals surface area (Å²) in [7, 11) is 5.24. The molecule has 0 bridgehead atoms. The van der Waals surface area contributed by atoms with Crippen LogP contribution in [-0.2, 0) is 16.0 Å². The number of ether oxygens (including phenoxy) is 1. The van der Waals surface area contributed by atoms with Crippen LogP contribution >= 0.6 is 0 Å². The zero-order valence-corrected chi connectivity index (χ0v) is 13.1. The van der Waals surface area contributed by atoms with Crippen LogP contribution < -0.4 is 0 Å². The van der Waals surface area contributed by atoms with Crippen molar-refractivity contribution < 1.29 is 9.53 Å². The summed E-state index contributed by atoms with van der Waals surface area (Å²) in [6.07, 6.45) is 2.32. The average molecular weight is 296 g/mol. The van der Waals surface area contributed by atoms with E-state index in [1.165, 1.54) is 7.11 Å². The number of likely N-dealkylation sites (N-methyl/N-ethyl adjacent to an activating group) is 1. The Labute approximate surface area is 131 Å². The van der Waals surface area contributed by atoms with Gasteiger partial charge in [-0.3, -0.25) is 4.98 Å². The first-order chi connectivity index (χ1) is 10.6. The minimum atomic E-state index is -0.342. The Morgan fingerprint density at radius 1 is 1.09 bits per heavy atom. The van der Waals surface area contributed by atoms with Gasteiger partial charge in [0.05, 0.1) is 12.7 Å². The second kappa shape index (κ2) is 7.41. The van der Waals surface area contributed by atoms with E-state index < -0.39 is 0 Å². The molecule has 0 aliphatic carbocycles. The molecule has 114 valence electrons. The second-order valence-corrected chi connectivity index (χ2v) is 5.07. The number of hydrogen-bond donors (Lipinski definition) is 0. The molecular formula is C18H20N2O2. The third-order valence-corrected chi connectivity index (χ3v) is 3.36. The summed E-state index contributed by atoms with van der Waals surface area (Å²) in [4.78, 5) is 18.6. The zero-order valence-electron chi connectivity index (χ0n) is 13.1. The largest absolute Gasteiger partial charge is 0.465 e. The van der Waals surface area contributed by atoms with E-state index in [4.69, 9.17) is 4.74 Å². The quantitative estimate of drug-likeness (QED) is 0.628. The molecule has 0 saturated heterocycles. The summed E-state index contributed by atoms with van der Waals surface area (Å²) in [6.45, 7) is 0. The molecular weight excluding hydrogens is 276 g/mol. The smallest absolute Gasteiger partial charge is 0.340 e. The van der Waals surface area contributed by atoms with Crippen LogP contribution in [0.3, 0.4) is 0 Å². The monoisotopic (exact) mass is 296 g/mol. The van der Waals surface area contributed by atoms with E-state index in [1.807, 2.05) is 67.5 Å². The molecule has 0 amide bonds. The van der Waals surface area contributed by atoms with E-state index in [9.17, 15) is 4.79 Å². The number of allylic oxidation sites excluding steroid dienone is 1. The van der Waals surface area contributed by atoms with Gasteiger partial charge in [0.15, 0.2) is 0 Å². The number of methoxy groups -OCH3 is 1. The minimum Gasteiger partial charge on any atom is -0.465 e. The van der Waals surface area contributed by atoms with Crippen molar-refractivity contribution in [3.8, 4) is 0 Å². The van der Waals surface area contributed by atoms with E-state index >= 15 is 0 Å². The van der Waals surface area contributed by atoms with Gasteiger partial charge in [0, 0.05) is 38.1 Å². The molecule has 0 spiro atoms. The number of hydrogen-bond acceptors (Lipinski definition) is 4. The molecule has 0 saturated carbocycles. The molecule has 4 heteroatoms. The molecule has 2 aromatic rings. The van der Waals surface area contributed by atoms with Crippen molar-refractivity contribution in [1.82, 2.24) is 9.88 Å². The van der Waals surface area contributed by atoms with Gasteiger partial charge in [-0.1, -0.05) is 36.4 Å². The third kappa shape index (κ3) is 3.73. The number of aromatic nitrogens is 1. The Hall–Kier alpha value is -2.62. The van der Waals surface area contributed by atoms with Gasteiger partial charge in [-0.2, -0.15) is 0 Å². The van der Waals surface area contributed by atoms with Gasteiger partial charge in [0.1, 0.15) is 0 Å². The first-order valence-corrected chi connectivity index (χ1v) is 7.07. The first kappa shape index (κ1) is 15.8. The summed E-state index contributed by atoms with van der Waals surface area (Å²) < 4.78 is 4.99. The summed E-state index contributed by atoms with van der Waals surface area (Å²) in [5.74, 6) is -0.342. The predicted molar refractivity (Wildman–Crippen MR) is 87.0 cm³/mol. The lowest BCUT2D eigenvalue weighted by molar-refractivity contribution is -0.133. The Morgan fingerprint density at radius 2 is 1.77 bits per heavy atom. The Bertz CT molecular complexity index is 649. The summed E-state index contributed by atoms with van der Waals surface area (Å²) in [5.41, 5.74) is 3.19. The Morgan fingerprint density at radius 3 is 2.32 bits per heavy atom. The minimum absolute atomic E-state index is 0.342. The highest BCUT2D eigenvalue weighted by molar-refractivity contribution is 6.17. The lowest BCUT2D eigenvalue weighted by atomic mass is 10.0. The van der Waals surface area contributed by atoms with Gasteiger partial charge in [0.2, 0.25) is 0 Å². The fraction of sp³-hybridized carbons (Fsp3) is 0.222. The van der Waals surface area contributed by atoms with Crippen molar-refractivity contribution in [2.24, 2.45) is 0 Å². The molecule has 0 aliphatic heterocycles. The lowest BCUT2D eigenvalue weighted by Gasteiger charge is -2.21. The van der Waals surface area contributed by atoms with Crippen LogP contribution in [0.5, 0.6) is 0 Å². The van der Waals surface area contributed by atoms with Crippen molar-refractivity contribution in [3.05, 3.63) is 71.7 Å². The molecule has 22 heavy (non-hydrogen) atoms. The highest BCUT2D eigenvalue weighted by atomic mass is 16.5. The SMILES string of the molecule is COC(=O)/C(=C(\Cc1ccccn1)N(C)C)c1ccccc1. The molecule has 0 fully saturated rings. The highest BCUT2D eigenvalue weighted by Crippen LogP contribution is 2.24. The number of carbonyl (C=O) groups excluding carboxylic acids is 1. The van der Waals surface area contributed by atoms with E-state index in [2.05, 4.69) is 4.98 Å². The molecule has 1 aromatic heterocycles. The molecule has 0 atom stereocenters. The maximum atomic E-state index is 12.3. The van der Waals surface area contributed by atoms with Gasteiger partial charge in [-0.05, 0) is 17.7 Å². The summed E-state index contributed by atoms with van der Waals surface area (Å²) >= 11 is 0. The number of nitrogens with zero attached hydrogens (tertiary/aromatic N) is 2. The van der Waals surface area contributed by atoms with Crippen LogP contribution in [0.15, 0.2) is 60.4 Å². The Kier molecular flexibility index (Phi) is 5.31. The van der Waals surface area contributed by atoms with Crippen LogP contribution in [0.1, 0.15) is 11.3 Å². The van der Waals surface area contributed by atoms with E-state index in [0.29, 0.717) is 12.0 Å². The molecule has 0 aliphatic rings. The molecule has 2 rings (SSSR count). The third-order valence-electron chi connectivity index (χ3n) is 3.36. The molecule has 0 unspecified atom stereocenters. The maximum absolute atomic E-state index is 12.3. The summed E-state index contributed by atoms with van der Waals surface area (Å²) in [6, 6.07) is 15.3. The average Bonchev–Trinajstić information content (AvgIpc) is 2.55. The topological polar surface area (TPSA) is 42.4 Å². The van der Waals surface area contributed by atoms with Crippen molar-refractivity contribution in [2.45, 2.75) is 6.42 Å². The Balaban J connectivity index is 2.54. The van der Waals surface area contributed by atoms with E-state index in [1.54, 1.807) is 6.20 Å². The number of rotatable bonds is 5. The first-order valence-electron chi connectivity index (χ1n) is 7.07. The zero-order chi connectivity index (χ0) is 15.9. The number of esters is 1. The van der Waals surface area contributed by atoms with E-state index in [0.717, 1.165) is 17.0 Å². The predicted octanol–water partition coefficient (Wildman–Crippen LogP) is 2.77. The van der Waals surface area contributed by atoms with Crippen LogP contribution in [0.2, 0.25) is 0 Å². The van der Waals surface area contributed by atoms with Crippen molar-refractivity contribution in [2.75, 3.05) is 21.2 Å². The van der Waals surface area contributed by atoms with Gasteiger partial charge in [0.25, 0.3) is 0 Å². The molecule has 0 radical (unpaired) electrons. The molecule has 1 heterocycles. The van der Waals surface area contributed by atoms with Crippen molar-refractivity contribution in [3.63, 3.8) is 0 Å². The normalized spacial score (nSPS) is 11.6. The lowest BCUT2D eigenvalue weighted by Crippen LogP contribution is -2.20. The van der Waals surface area contributed by atoms with Gasteiger partial charge in [-0.25, -0.2) is 4.79 Å². The second-order valence-electron chi connectivity index (χ2n) is 5.07. The van der Waals surface area contributed by atoms with Crippen LogP contribution in [0.4, 0.5) is 0 Å². The van der Waals surface area contributed by atoms with E-state index in [-0.39, 0.29) is 5.97 Å². The van der Waals surface area contributed by atoms with Crippen molar-refractivity contribution >= 4 is 11.5 Å². The van der Waals surface area contributed by atoms with Crippen molar-refractivity contribution in [1.29, 1.82) is 0 Å². The van der Waals surface area contributed by atoms with Gasteiger partial charge < -0.3 is 9.64 Å². The maximum Gasteiger partial charge on any atom is 0.340 e. The highest BCUT2D eigenvalue weighted by Gasteiger charge is 2.20. The van der Waals surface area contributed by atoms with Crippen LogP contribution in [0.25, 0.3) is 5.57 Å². The number of benzene rings is 1. The fourth-order valence-electron chi connectivity index (χ4n) is 2.25. The summed E-state index contributed by atoms with van der Waals surface area (Å²) in [5, 5.41) is 0. The van der Waals surface area contributed by atoms with Crippen LogP contribution in [0, 0.1) is 0 Å². The van der Waals surface area contributed by atoms with Gasteiger partial charge >= 0.3 is 5.97 Å². The standard InChI is InChI=1S/C18H20N2O2/c1-20(2)16(13-15-11-7-8-12-19-15)17(18(21)22-3)14-9-5-4-6-10-14/h4-12H,13H2,1-3H3/b17-16+. The molecule has 4 nitrogen and oxygen atoms in total. The number of carbonyl (C=O) groups is 1. The number of pyridine rings is 1. The molecule has 0 N–H and O–H groups in total. The van der Waals surface area contributed by atoms with Gasteiger partial charge in [-0.15, -0.1) is 0 Å². The molecule has 1 aromatic carbocycles. The van der Waals surface area contributed by atoms with Crippen LogP contribution in [-0.4, -0.2) is 37.1 Å². The fourth-order valence-corrected chi connectivity index (χ4v) is 2.25.